The molecule has 0 aliphatic carbocycles. The molecule has 1 heterocycles. The Bertz CT molecular complexity index is 382. The minimum atomic E-state index is -0.0681. The number of nitrogen functional groups attached to an aromatic ring is 1. The van der Waals surface area contributed by atoms with Gasteiger partial charge in [0.15, 0.2) is 0 Å². The van der Waals surface area contributed by atoms with Crippen molar-refractivity contribution in [2.75, 3.05) is 5.73 Å². The molecule has 0 aromatic carbocycles. The van der Waals surface area contributed by atoms with Crippen LogP contribution in [-0.4, -0.2) is 4.57 Å². The molecule has 1 aromatic heterocycles. The number of pyridine rings is 1. The van der Waals surface area contributed by atoms with Crippen LogP contribution in [0.25, 0.3) is 0 Å². The number of nitrogens with two attached hydrogens (primary N) is 1. The number of aryl methyl sites for hydroxylation is 1. The van der Waals surface area contributed by atoms with Gasteiger partial charge in [0.25, 0.3) is 5.56 Å². The van der Waals surface area contributed by atoms with Crippen molar-refractivity contribution >= 4 is 17.3 Å². The van der Waals surface area contributed by atoms with Crippen LogP contribution in [0.5, 0.6) is 0 Å². The summed E-state index contributed by atoms with van der Waals surface area (Å²) in [5.74, 6) is 0. The van der Waals surface area contributed by atoms with E-state index in [2.05, 4.69) is 0 Å². The van der Waals surface area contributed by atoms with Gasteiger partial charge in [-0.1, -0.05) is 17.7 Å². The molecule has 4 heteroatoms. The van der Waals surface area contributed by atoms with Crippen LogP contribution in [0.2, 0.25) is 0 Å². The Balaban J connectivity index is 3.09. The number of aromatic nitrogens is 1. The lowest BCUT2D eigenvalue weighted by Gasteiger charge is -2.04. The van der Waals surface area contributed by atoms with Crippen LogP contribution in [-0.2, 0) is 6.54 Å². The van der Waals surface area contributed by atoms with Crippen molar-refractivity contribution in [3.05, 3.63) is 39.8 Å². The van der Waals surface area contributed by atoms with Gasteiger partial charge in [0.1, 0.15) is 0 Å². The van der Waals surface area contributed by atoms with Crippen LogP contribution in [0.15, 0.2) is 28.7 Å². The molecular weight excluding hydrogens is 188 g/mol. The van der Waals surface area contributed by atoms with E-state index in [4.69, 9.17) is 17.3 Å². The van der Waals surface area contributed by atoms with Crippen LogP contribution >= 0.6 is 11.6 Å². The molecule has 0 spiro atoms. The first kappa shape index (κ1) is 9.86. The van der Waals surface area contributed by atoms with Gasteiger partial charge in [-0.2, -0.15) is 0 Å². The largest absolute Gasteiger partial charge is 0.397 e. The molecule has 0 fully saturated rings. The second kappa shape index (κ2) is 4.14. The van der Waals surface area contributed by atoms with E-state index >= 15 is 0 Å². The molecule has 0 unspecified atom stereocenters. The third-order valence-corrected chi connectivity index (χ3v) is 1.94. The summed E-state index contributed by atoms with van der Waals surface area (Å²) in [4.78, 5) is 11.3. The topological polar surface area (TPSA) is 48.0 Å². The van der Waals surface area contributed by atoms with Gasteiger partial charge in [-0.25, -0.2) is 0 Å². The molecule has 0 aliphatic rings. The second-order valence-electron chi connectivity index (χ2n) is 2.76. The maximum absolute atomic E-state index is 11.3. The zero-order chi connectivity index (χ0) is 9.84. The fraction of sp³-hybridized carbons (Fsp3) is 0.222. The number of hydrogen-bond donors (Lipinski definition) is 1. The minimum Gasteiger partial charge on any atom is -0.397 e. The Morgan fingerprint density at radius 2 is 2.38 bits per heavy atom. The minimum absolute atomic E-state index is 0.0681. The van der Waals surface area contributed by atoms with Gasteiger partial charge in [-0.3, -0.25) is 4.79 Å². The fourth-order valence-electron chi connectivity index (χ4n) is 0.981. The van der Waals surface area contributed by atoms with E-state index in [-0.39, 0.29) is 5.56 Å². The maximum Gasteiger partial charge on any atom is 0.251 e. The molecule has 1 aromatic rings. The van der Waals surface area contributed by atoms with E-state index in [0.29, 0.717) is 12.2 Å². The SMILES string of the molecule is Cc1cc(=O)n(C/C=C/Cl)cc1N. The summed E-state index contributed by atoms with van der Waals surface area (Å²) < 4.78 is 1.50. The summed E-state index contributed by atoms with van der Waals surface area (Å²) in [5, 5.41) is 0. The third kappa shape index (κ3) is 2.36. The lowest BCUT2D eigenvalue weighted by Crippen LogP contribution is -2.19. The predicted octanol–water partition coefficient (Wildman–Crippen LogP) is 1.49. The van der Waals surface area contributed by atoms with Crippen LogP contribution in [0.4, 0.5) is 5.69 Å². The highest BCUT2D eigenvalue weighted by atomic mass is 35.5. The predicted molar refractivity (Wildman–Crippen MR) is 54.8 cm³/mol. The zero-order valence-electron chi connectivity index (χ0n) is 7.33. The van der Waals surface area contributed by atoms with Crippen LogP contribution < -0.4 is 11.3 Å². The molecule has 0 amide bonds. The molecule has 13 heavy (non-hydrogen) atoms. The van der Waals surface area contributed by atoms with E-state index in [0.717, 1.165) is 5.56 Å². The van der Waals surface area contributed by atoms with E-state index in [9.17, 15) is 4.79 Å². The Hall–Kier alpha value is -1.22. The van der Waals surface area contributed by atoms with Gasteiger partial charge >= 0.3 is 0 Å². The Morgan fingerprint density at radius 1 is 1.69 bits per heavy atom. The Morgan fingerprint density at radius 3 is 3.00 bits per heavy atom. The van der Waals surface area contributed by atoms with Gasteiger partial charge in [0, 0.05) is 24.3 Å². The molecule has 0 atom stereocenters. The summed E-state index contributed by atoms with van der Waals surface area (Å²) in [7, 11) is 0. The first-order valence-corrected chi connectivity index (χ1v) is 4.30. The average molecular weight is 199 g/mol. The van der Waals surface area contributed by atoms with Gasteiger partial charge in [-0.15, -0.1) is 0 Å². The van der Waals surface area contributed by atoms with Crippen molar-refractivity contribution in [2.45, 2.75) is 13.5 Å². The van der Waals surface area contributed by atoms with Crippen molar-refractivity contribution in [3.63, 3.8) is 0 Å². The molecular formula is C9H11ClN2O. The number of anilines is 1. The van der Waals surface area contributed by atoms with Crippen molar-refractivity contribution in [1.29, 1.82) is 0 Å². The molecule has 0 saturated heterocycles. The van der Waals surface area contributed by atoms with E-state index in [1.807, 2.05) is 0 Å². The van der Waals surface area contributed by atoms with Crippen molar-refractivity contribution in [3.8, 4) is 0 Å². The molecule has 3 nitrogen and oxygen atoms in total. The standard InChI is InChI=1S/C9H11ClN2O/c1-7-5-9(13)12(4-2-3-10)6-8(7)11/h2-3,5-6H,4,11H2,1H3/b3-2+. The average Bonchev–Trinajstić information content (AvgIpc) is 2.09. The quantitative estimate of drug-likeness (QED) is 0.783. The second-order valence-corrected chi connectivity index (χ2v) is 3.02. The van der Waals surface area contributed by atoms with Crippen LogP contribution in [0.1, 0.15) is 5.56 Å². The van der Waals surface area contributed by atoms with E-state index in [1.54, 1.807) is 19.2 Å². The third-order valence-electron chi connectivity index (χ3n) is 1.76. The molecule has 0 aliphatic heterocycles. The zero-order valence-corrected chi connectivity index (χ0v) is 8.08. The van der Waals surface area contributed by atoms with Crippen LogP contribution in [0, 0.1) is 6.92 Å². The van der Waals surface area contributed by atoms with E-state index in [1.165, 1.54) is 16.2 Å². The Labute approximate surface area is 81.4 Å². The lowest BCUT2D eigenvalue weighted by atomic mass is 10.2. The smallest absolute Gasteiger partial charge is 0.251 e. The van der Waals surface area contributed by atoms with Crippen molar-refractivity contribution in [2.24, 2.45) is 0 Å². The van der Waals surface area contributed by atoms with Gasteiger partial charge < -0.3 is 10.3 Å². The highest BCUT2D eigenvalue weighted by molar-refractivity contribution is 6.25. The van der Waals surface area contributed by atoms with E-state index < -0.39 is 0 Å². The maximum atomic E-state index is 11.3. The molecule has 2 N–H and O–H groups in total. The van der Waals surface area contributed by atoms with Crippen LogP contribution in [0.3, 0.4) is 0 Å². The Kier molecular flexibility index (Phi) is 3.14. The van der Waals surface area contributed by atoms with Crippen molar-refractivity contribution in [1.82, 2.24) is 4.57 Å². The highest BCUT2D eigenvalue weighted by Crippen LogP contribution is 2.05. The number of allylic oxidation sites excluding steroid dienone is 1. The summed E-state index contributed by atoms with van der Waals surface area (Å²) in [5.41, 5.74) is 8.37. The first-order chi connectivity index (χ1) is 6.15. The number of hydrogen-bond acceptors (Lipinski definition) is 2. The summed E-state index contributed by atoms with van der Waals surface area (Å²) >= 11 is 5.35. The molecule has 70 valence electrons. The molecule has 0 saturated carbocycles. The van der Waals surface area contributed by atoms with Gasteiger partial charge in [0.05, 0.1) is 5.69 Å². The first-order valence-electron chi connectivity index (χ1n) is 3.87. The van der Waals surface area contributed by atoms with Gasteiger partial charge in [0.2, 0.25) is 0 Å². The number of nitrogens with zero attached hydrogens (tertiary/aromatic N) is 1. The monoisotopic (exact) mass is 198 g/mol. The normalized spacial score (nSPS) is 10.9. The molecule has 1 rings (SSSR count). The lowest BCUT2D eigenvalue weighted by molar-refractivity contribution is 0.779. The highest BCUT2D eigenvalue weighted by Gasteiger charge is 1.98. The summed E-state index contributed by atoms with van der Waals surface area (Å²) in [6, 6.07) is 1.51. The molecule has 0 bridgehead atoms. The number of halogens is 1. The molecule has 0 radical (unpaired) electrons. The number of rotatable bonds is 2. The van der Waals surface area contributed by atoms with Gasteiger partial charge in [-0.05, 0) is 12.5 Å². The summed E-state index contributed by atoms with van der Waals surface area (Å²) in [6.45, 7) is 2.26. The fourth-order valence-corrected chi connectivity index (χ4v) is 1.06. The summed E-state index contributed by atoms with van der Waals surface area (Å²) in [6.07, 6.45) is 3.30. The van der Waals surface area contributed by atoms with Crippen molar-refractivity contribution < 1.29 is 0 Å².